The largest absolute Gasteiger partial charge is 0.428 e. The fourth-order valence-corrected chi connectivity index (χ4v) is 3.39. The molecule has 1 aliphatic heterocycles. The monoisotopic (exact) mass is 416 g/mol. The molecule has 2 aromatic rings. The first-order valence-corrected chi connectivity index (χ1v) is 8.40. The van der Waals surface area contributed by atoms with Gasteiger partial charge in [0.2, 0.25) is 11.5 Å². The van der Waals surface area contributed by atoms with Gasteiger partial charge in [0, 0.05) is 21.2 Å². The minimum absolute atomic E-state index is 0.0493. The molecule has 1 atom stereocenters. The first-order chi connectivity index (χ1) is 12.5. The zero-order valence-corrected chi connectivity index (χ0v) is 15.3. The highest BCUT2D eigenvalue weighted by Gasteiger charge is 2.59. The summed E-state index contributed by atoms with van der Waals surface area (Å²) in [5, 5.41) is 0.0986. The number of alkyl halides is 3. The maximum absolute atomic E-state index is 13.9. The number of primary amides is 1. The smallest absolute Gasteiger partial charge is 0.366 e. The molecule has 3 N–H and O–H groups in total. The quantitative estimate of drug-likeness (QED) is 0.759. The molecule has 0 aliphatic carbocycles. The Kier molecular flexibility index (Phi) is 4.88. The van der Waals surface area contributed by atoms with E-state index in [2.05, 4.69) is 5.48 Å². The van der Waals surface area contributed by atoms with Gasteiger partial charge in [-0.15, -0.1) is 0 Å². The molecule has 1 aliphatic rings. The van der Waals surface area contributed by atoms with Gasteiger partial charge in [-0.3, -0.25) is 15.1 Å². The number of halogens is 5. The minimum atomic E-state index is -4.79. The number of amides is 1. The molecular formula is C18H13Cl2F3N2O2. The normalized spacial score (nSPS) is 19.6. The maximum atomic E-state index is 13.9. The highest BCUT2D eigenvalue weighted by Crippen LogP contribution is 2.48. The standard InChI is InChI=1S/C18H13Cl2F3N2O2/c1-9-4-10(2-3-14(9)16(24)26)15-8-17(27-25-15,18(21,22)23)11-5-12(19)7-13(20)6-11/h2-8,25H,1H3,(H2,24,26). The average molecular weight is 417 g/mol. The van der Waals surface area contributed by atoms with E-state index < -0.39 is 17.7 Å². The number of hydrogen-bond acceptors (Lipinski definition) is 3. The molecular weight excluding hydrogens is 404 g/mol. The zero-order chi connectivity index (χ0) is 20.0. The Hall–Kier alpha value is -2.22. The number of aryl methyl sites for hydroxylation is 1. The highest BCUT2D eigenvalue weighted by molar-refractivity contribution is 6.34. The fraction of sp³-hybridized carbons (Fsp3) is 0.167. The molecule has 1 heterocycles. The van der Waals surface area contributed by atoms with Crippen LogP contribution < -0.4 is 11.2 Å². The molecule has 0 bridgehead atoms. The van der Waals surface area contributed by atoms with Crippen molar-refractivity contribution < 1.29 is 22.8 Å². The molecule has 0 aromatic heterocycles. The molecule has 0 saturated heterocycles. The lowest BCUT2D eigenvalue weighted by molar-refractivity contribution is -0.269. The molecule has 3 rings (SSSR count). The Balaban J connectivity index is 2.12. The van der Waals surface area contributed by atoms with E-state index in [0.29, 0.717) is 11.1 Å². The summed E-state index contributed by atoms with van der Waals surface area (Å²) in [5.74, 6) is -0.623. The lowest BCUT2D eigenvalue weighted by Gasteiger charge is -2.28. The van der Waals surface area contributed by atoms with Crippen molar-refractivity contribution in [3.05, 3.63) is 74.8 Å². The van der Waals surface area contributed by atoms with Gasteiger partial charge in [0.15, 0.2) is 0 Å². The lowest BCUT2D eigenvalue weighted by Crippen LogP contribution is -2.42. The summed E-state index contributed by atoms with van der Waals surface area (Å²) in [5.41, 5.74) is 5.83. The summed E-state index contributed by atoms with van der Waals surface area (Å²) in [7, 11) is 0. The Morgan fingerprint density at radius 1 is 1.15 bits per heavy atom. The summed E-state index contributed by atoms with van der Waals surface area (Å²) in [6, 6.07) is 8.08. The Labute approximate surface area is 162 Å². The molecule has 0 saturated carbocycles. The van der Waals surface area contributed by atoms with Crippen molar-refractivity contribution in [3.63, 3.8) is 0 Å². The first-order valence-electron chi connectivity index (χ1n) is 7.64. The van der Waals surface area contributed by atoms with E-state index in [1.807, 2.05) is 0 Å². The number of carbonyl (C=O) groups is 1. The molecule has 1 amide bonds. The molecule has 0 spiro atoms. The number of hydrogen-bond donors (Lipinski definition) is 2. The van der Waals surface area contributed by atoms with E-state index in [4.69, 9.17) is 33.8 Å². The van der Waals surface area contributed by atoms with Crippen LogP contribution in [0.15, 0.2) is 42.5 Å². The van der Waals surface area contributed by atoms with Crippen LogP contribution in [0.2, 0.25) is 10.0 Å². The second-order valence-corrected chi connectivity index (χ2v) is 6.92. The lowest BCUT2D eigenvalue weighted by atomic mass is 9.91. The minimum Gasteiger partial charge on any atom is -0.366 e. The number of rotatable bonds is 3. The average Bonchev–Trinajstić information content (AvgIpc) is 3.00. The van der Waals surface area contributed by atoms with E-state index in [9.17, 15) is 18.0 Å². The third kappa shape index (κ3) is 3.50. The van der Waals surface area contributed by atoms with Crippen molar-refractivity contribution in [2.75, 3.05) is 0 Å². The molecule has 2 aromatic carbocycles. The summed E-state index contributed by atoms with van der Waals surface area (Å²) >= 11 is 11.7. The second kappa shape index (κ2) is 6.74. The third-order valence-electron chi connectivity index (χ3n) is 4.18. The number of nitrogens with one attached hydrogen (secondary N) is 1. The topological polar surface area (TPSA) is 64.3 Å². The van der Waals surface area contributed by atoms with Crippen LogP contribution in [0.5, 0.6) is 0 Å². The van der Waals surface area contributed by atoms with Crippen LogP contribution in [-0.2, 0) is 10.4 Å². The van der Waals surface area contributed by atoms with Crippen molar-refractivity contribution in [2.24, 2.45) is 5.73 Å². The Bertz CT molecular complexity index is 940. The highest BCUT2D eigenvalue weighted by atomic mass is 35.5. The SMILES string of the molecule is Cc1cc(C2=CC(c3cc(Cl)cc(Cl)c3)(C(F)(F)F)ON2)ccc1C(N)=O. The third-order valence-corrected chi connectivity index (χ3v) is 4.62. The van der Waals surface area contributed by atoms with Crippen molar-refractivity contribution in [2.45, 2.75) is 18.7 Å². The molecule has 9 heteroatoms. The van der Waals surface area contributed by atoms with E-state index in [-0.39, 0.29) is 26.9 Å². The van der Waals surface area contributed by atoms with Crippen molar-refractivity contribution in [1.29, 1.82) is 0 Å². The molecule has 4 nitrogen and oxygen atoms in total. The van der Waals surface area contributed by atoms with Gasteiger partial charge >= 0.3 is 6.18 Å². The fourth-order valence-electron chi connectivity index (χ4n) is 2.86. The van der Waals surface area contributed by atoms with Gasteiger partial charge in [-0.2, -0.15) is 13.2 Å². The molecule has 27 heavy (non-hydrogen) atoms. The number of nitrogens with two attached hydrogens (primary N) is 1. The Morgan fingerprint density at radius 2 is 1.78 bits per heavy atom. The van der Waals surface area contributed by atoms with Gasteiger partial charge < -0.3 is 5.73 Å². The zero-order valence-electron chi connectivity index (χ0n) is 13.8. The van der Waals surface area contributed by atoms with E-state index >= 15 is 0 Å². The van der Waals surface area contributed by atoms with Crippen LogP contribution in [-0.4, -0.2) is 12.1 Å². The summed E-state index contributed by atoms with van der Waals surface area (Å²) in [4.78, 5) is 16.3. The predicted molar refractivity (Wildman–Crippen MR) is 96.1 cm³/mol. The molecule has 0 fully saturated rings. The van der Waals surface area contributed by atoms with E-state index in [1.165, 1.54) is 18.2 Å². The molecule has 142 valence electrons. The number of hydroxylamine groups is 1. The summed E-state index contributed by atoms with van der Waals surface area (Å²) < 4.78 is 41.8. The first kappa shape index (κ1) is 19.5. The van der Waals surface area contributed by atoms with Crippen molar-refractivity contribution in [1.82, 2.24) is 5.48 Å². The van der Waals surface area contributed by atoms with Crippen LogP contribution >= 0.6 is 23.2 Å². The summed E-state index contributed by atoms with van der Waals surface area (Å²) in [6.07, 6.45) is -3.88. The summed E-state index contributed by atoms with van der Waals surface area (Å²) in [6.45, 7) is 1.63. The van der Waals surface area contributed by atoms with Gasteiger partial charge in [0.05, 0.1) is 5.70 Å². The van der Waals surface area contributed by atoms with E-state index in [0.717, 1.165) is 18.2 Å². The van der Waals surface area contributed by atoms with Gasteiger partial charge in [-0.25, -0.2) is 0 Å². The van der Waals surface area contributed by atoms with Gasteiger partial charge in [-0.1, -0.05) is 29.3 Å². The number of carbonyl (C=O) groups excluding carboxylic acids is 1. The van der Waals surface area contributed by atoms with Crippen molar-refractivity contribution in [3.8, 4) is 0 Å². The maximum Gasteiger partial charge on any atom is 0.428 e. The Morgan fingerprint density at radius 3 is 2.30 bits per heavy atom. The number of benzene rings is 2. The molecule has 1 unspecified atom stereocenters. The van der Waals surface area contributed by atoms with Gasteiger partial charge in [0.1, 0.15) is 0 Å². The van der Waals surface area contributed by atoms with Gasteiger partial charge in [0.25, 0.3) is 0 Å². The van der Waals surface area contributed by atoms with E-state index in [1.54, 1.807) is 13.0 Å². The van der Waals surface area contributed by atoms with Crippen LogP contribution in [0.1, 0.15) is 27.0 Å². The van der Waals surface area contributed by atoms with Crippen LogP contribution in [0.4, 0.5) is 13.2 Å². The predicted octanol–water partition coefficient (Wildman–Crippen LogP) is 4.73. The van der Waals surface area contributed by atoms with Crippen LogP contribution in [0, 0.1) is 6.92 Å². The molecule has 0 radical (unpaired) electrons. The van der Waals surface area contributed by atoms with Crippen LogP contribution in [0.25, 0.3) is 5.70 Å². The van der Waals surface area contributed by atoms with Gasteiger partial charge in [-0.05, 0) is 54.5 Å². The van der Waals surface area contributed by atoms with Crippen LogP contribution in [0.3, 0.4) is 0 Å². The second-order valence-electron chi connectivity index (χ2n) is 6.05. The van der Waals surface area contributed by atoms with Crippen molar-refractivity contribution >= 4 is 34.8 Å².